The minimum Gasteiger partial charge on any atom is -0.355 e. The van der Waals surface area contributed by atoms with Crippen LogP contribution in [-0.2, 0) is 0 Å². The Labute approximate surface area is 245 Å². The fourth-order valence-corrected chi connectivity index (χ4v) is 5.57. The molecule has 0 heterocycles. The van der Waals surface area contributed by atoms with Crippen molar-refractivity contribution in [2.75, 3.05) is 10.6 Å². The Bertz CT molecular complexity index is 2060. The maximum Gasteiger partial charge on any atom is 0.0464 e. The highest BCUT2D eigenvalue weighted by molar-refractivity contribution is 6.01. The predicted octanol–water partition coefficient (Wildman–Crippen LogP) is 11.5. The molecule has 0 amide bonds. The molecular formula is C40H30N2. The number of nitrogens with one attached hydrogen (secondary N) is 2. The van der Waals surface area contributed by atoms with Gasteiger partial charge in [0.1, 0.15) is 0 Å². The van der Waals surface area contributed by atoms with Crippen LogP contribution < -0.4 is 10.6 Å². The quantitative estimate of drug-likeness (QED) is 0.233. The van der Waals surface area contributed by atoms with Gasteiger partial charge in [0.2, 0.25) is 0 Å². The molecule has 0 aliphatic carbocycles. The lowest BCUT2D eigenvalue weighted by Gasteiger charge is -2.12. The molecule has 2 N–H and O–H groups in total. The van der Waals surface area contributed by atoms with Gasteiger partial charge in [-0.25, -0.2) is 0 Å². The van der Waals surface area contributed by atoms with Crippen LogP contribution in [0.15, 0.2) is 170 Å². The highest BCUT2D eigenvalue weighted by Crippen LogP contribution is 2.31. The Balaban J connectivity index is 0.000000137. The van der Waals surface area contributed by atoms with E-state index in [-0.39, 0.29) is 0 Å². The number of anilines is 4. The Morgan fingerprint density at radius 2 is 0.643 bits per heavy atom. The first kappa shape index (κ1) is 25.4. The summed E-state index contributed by atoms with van der Waals surface area (Å²) in [7, 11) is 0. The van der Waals surface area contributed by atoms with Crippen LogP contribution in [0.3, 0.4) is 0 Å². The summed E-state index contributed by atoms with van der Waals surface area (Å²) in [5.74, 6) is 0. The second-order valence-electron chi connectivity index (χ2n) is 10.4. The van der Waals surface area contributed by atoms with Gasteiger partial charge in [-0.1, -0.05) is 140 Å². The van der Waals surface area contributed by atoms with E-state index in [1.54, 1.807) is 0 Å². The van der Waals surface area contributed by atoms with E-state index < -0.39 is 0 Å². The number of hydrogen-bond donors (Lipinski definition) is 2. The van der Waals surface area contributed by atoms with Crippen LogP contribution >= 0.6 is 0 Å². The first-order valence-electron chi connectivity index (χ1n) is 14.3. The zero-order chi connectivity index (χ0) is 28.1. The molecule has 0 fully saturated rings. The molecule has 0 aromatic heterocycles. The molecular weight excluding hydrogens is 508 g/mol. The Morgan fingerprint density at radius 3 is 1.14 bits per heavy atom. The molecule has 0 spiro atoms. The molecule has 0 aliphatic heterocycles. The van der Waals surface area contributed by atoms with Gasteiger partial charge in [-0.15, -0.1) is 0 Å². The molecule has 42 heavy (non-hydrogen) atoms. The second-order valence-corrected chi connectivity index (χ2v) is 10.4. The summed E-state index contributed by atoms with van der Waals surface area (Å²) in [6.07, 6.45) is 0. The summed E-state index contributed by atoms with van der Waals surface area (Å²) in [4.78, 5) is 0. The molecule has 0 bridgehead atoms. The summed E-state index contributed by atoms with van der Waals surface area (Å²) in [5, 5.41) is 17.1. The molecule has 0 saturated heterocycles. The van der Waals surface area contributed by atoms with E-state index in [0.717, 1.165) is 22.7 Å². The third-order valence-corrected chi connectivity index (χ3v) is 7.67. The summed E-state index contributed by atoms with van der Waals surface area (Å²) >= 11 is 0. The van der Waals surface area contributed by atoms with Gasteiger partial charge in [-0.3, -0.25) is 0 Å². The molecule has 0 saturated carbocycles. The molecule has 8 aromatic rings. The Hall–Kier alpha value is -5.60. The van der Waals surface area contributed by atoms with E-state index in [9.17, 15) is 0 Å². The van der Waals surface area contributed by atoms with Crippen molar-refractivity contribution in [2.24, 2.45) is 0 Å². The smallest absolute Gasteiger partial charge is 0.0464 e. The maximum atomic E-state index is 3.59. The maximum absolute atomic E-state index is 3.59. The van der Waals surface area contributed by atoms with Crippen LogP contribution in [-0.4, -0.2) is 0 Å². The summed E-state index contributed by atoms with van der Waals surface area (Å²) < 4.78 is 0. The molecule has 200 valence electrons. The monoisotopic (exact) mass is 538 g/mol. The van der Waals surface area contributed by atoms with E-state index in [4.69, 9.17) is 0 Å². The molecule has 0 unspecified atom stereocenters. The van der Waals surface area contributed by atoms with Crippen LogP contribution in [0, 0.1) is 0 Å². The van der Waals surface area contributed by atoms with Crippen LogP contribution in [0.1, 0.15) is 0 Å². The normalized spacial score (nSPS) is 10.9. The third kappa shape index (κ3) is 5.26. The van der Waals surface area contributed by atoms with Gasteiger partial charge in [0.05, 0.1) is 0 Å². The minimum atomic E-state index is 1.12. The van der Waals surface area contributed by atoms with E-state index >= 15 is 0 Å². The van der Waals surface area contributed by atoms with E-state index in [1.807, 2.05) is 0 Å². The largest absolute Gasteiger partial charge is 0.355 e. The van der Waals surface area contributed by atoms with E-state index in [2.05, 4.69) is 180 Å². The fraction of sp³-hybridized carbons (Fsp3) is 0. The van der Waals surface area contributed by atoms with Gasteiger partial charge in [0.25, 0.3) is 0 Å². The standard InChI is InChI=1S/2C20H15N/c1-3-11-17-15(7-1)9-5-13-19(17)21-20-14-6-10-16-8-2-4-12-18(16)20;1-2-8-17-14-18(13-12-15(17)6-1)21-20-11-5-9-16-7-3-4-10-19(16)20/h2*1-14,21H. The van der Waals surface area contributed by atoms with Crippen molar-refractivity contribution in [3.63, 3.8) is 0 Å². The van der Waals surface area contributed by atoms with Gasteiger partial charge >= 0.3 is 0 Å². The third-order valence-electron chi connectivity index (χ3n) is 7.67. The lowest BCUT2D eigenvalue weighted by atomic mass is 10.1. The second kappa shape index (κ2) is 11.5. The molecule has 2 heteroatoms. The lowest BCUT2D eigenvalue weighted by Crippen LogP contribution is -1.92. The van der Waals surface area contributed by atoms with E-state index in [1.165, 1.54) is 43.1 Å². The van der Waals surface area contributed by atoms with Crippen molar-refractivity contribution < 1.29 is 0 Å². The SMILES string of the molecule is c1ccc2c(Nc3cccc4ccccc34)cccc2c1.c1ccc2cc(Nc3cccc4ccccc34)ccc2c1. The number of hydrogen-bond acceptors (Lipinski definition) is 2. The van der Waals surface area contributed by atoms with Crippen LogP contribution in [0.5, 0.6) is 0 Å². The van der Waals surface area contributed by atoms with E-state index in [0.29, 0.717) is 0 Å². The van der Waals surface area contributed by atoms with Crippen LogP contribution in [0.2, 0.25) is 0 Å². The number of benzene rings is 8. The topological polar surface area (TPSA) is 24.1 Å². The van der Waals surface area contributed by atoms with Crippen LogP contribution in [0.25, 0.3) is 43.1 Å². The van der Waals surface area contributed by atoms with Gasteiger partial charge in [-0.2, -0.15) is 0 Å². The lowest BCUT2D eigenvalue weighted by molar-refractivity contribution is 1.60. The van der Waals surface area contributed by atoms with Crippen molar-refractivity contribution in [2.45, 2.75) is 0 Å². The first-order chi connectivity index (χ1) is 20.8. The van der Waals surface area contributed by atoms with Gasteiger partial charge in [0, 0.05) is 38.9 Å². The minimum absolute atomic E-state index is 1.12. The Morgan fingerprint density at radius 1 is 0.262 bits per heavy atom. The molecule has 8 aromatic carbocycles. The average Bonchev–Trinajstić information content (AvgIpc) is 3.06. The first-order valence-corrected chi connectivity index (χ1v) is 14.3. The predicted molar refractivity (Wildman–Crippen MR) is 182 cm³/mol. The zero-order valence-electron chi connectivity index (χ0n) is 23.2. The summed E-state index contributed by atoms with van der Waals surface area (Å²) in [6.45, 7) is 0. The number of fused-ring (bicyclic) bond motifs is 4. The molecule has 0 aliphatic rings. The van der Waals surface area contributed by atoms with Gasteiger partial charge in [0.15, 0.2) is 0 Å². The van der Waals surface area contributed by atoms with Crippen molar-refractivity contribution in [3.8, 4) is 0 Å². The number of rotatable bonds is 4. The molecule has 2 nitrogen and oxygen atoms in total. The van der Waals surface area contributed by atoms with Crippen molar-refractivity contribution in [1.29, 1.82) is 0 Å². The highest BCUT2D eigenvalue weighted by Gasteiger charge is 2.04. The highest BCUT2D eigenvalue weighted by atomic mass is 14.9. The van der Waals surface area contributed by atoms with Crippen molar-refractivity contribution in [1.82, 2.24) is 0 Å². The zero-order valence-corrected chi connectivity index (χ0v) is 23.2. The summed E-state index contributed by atoms with van der Waals surface area (Å²) in [6, 6.07) is 59.3. The van der Waals surface area contributed by atoms with Gasteiger partial charge in [-0.05, 0) is 57.3 Å². The van der Waals surface area contributed by atoms with Crippen LogP contribution in [0.4, 0.5) is 22.7 Å². The van der Waals surface area contributed by atoms with Crippen molar-refractivity contribution >= 4 is 65.8 Å². The summed E-state index contributed by atoms with van der Waals surface area (Å²) in [5.41, 5.74) is 4.54. The molecule has 8 rings (SSSR count). The average molecular weight is 539 g/mol. The Kier molecular flexibility index (Phi) is 6.94. The van der Waals surface area contributed by atoms with Crippen molar-refractivity contribution in [3.05, 3.63) is 170 Å². The molecule has 0 radical (unpaired) electrons. The fourth-order valence-electron chi connectivity index (χ4n) is 5.57. The molecule has 0 atom stereocenters. The van der Waals surface area contributed by atoms with Gasteiger partial charge < -0.3 is 10.6 Å².